The minimum absolute atomic E-state index is 0.118. The fourth-order valence-electron chi connectivity index (χ4n) is 2.30. The molecule has 0 radical (unpaired) electrons. The van der Waals surface area contributed by atoms with Crippen molar-refractivity contribution in [3.8, 4) is 0 Å². The number of carbonyl (C=O) groups excluding carboxylic acids is 1. The van der Waals surface area contributed by atoms with E-state index in [4.69, 9.17) is 0 Å². The Hall–Kier alpha value is -2.14. The molecule has 5 heteroatoms. The van der Waals surface area contributed by atoms with Crippen molar-refractivity contribution >= 4 is 32.9 Å². The quantitative estimate of drug-likeness (QED) is 0.772. The van der Waals surface area contributed by atoms with Gasteiger partial charge in [0.05, 0.1) is 11.0 Å². The van der Waals surface area contributed by atoms with Gasteiger partial charge in [-0.25, -0.2) is 4.98 Å². The van der Waals surface area contributed by atoms with E-state index >= 15 is 0 Å². The molecule has 22 heavy (non-hydrogen) atoms. The minimum Gasteiger partial charge on any atom is -0.335 e. The maximum absolute atomic E-state index is 12.5. The van der Waals surface area contributed by atoms with Crippen molar-refractivity contribution in [2.24, 2.45) is 0 Å². The summed E-state index contributed by atoms with van der Waals surface area (Å²) in [6, 6.07) is 13.9. The molecule has 3 aromatic rings. The number of H-pyrrole nitrogens is 1. The lowest BCUT2D eigenvalue weighted by Gasteiger charge is -2.15. The number of imidazole rings is 1. The molecular weight excluding hydrogens is 342 g/mol. The highest BCUT2D eigenvalue weighted by Crippen LogP contribution is 2.18. The van der Waals surface area contributed by atoms with Crippen LogP contribution in [0.1, 0.15) is 21.7 Å². The molecule has 1 amide bonds. The van der Waals surface area contributed by atoms with Crippen molar-refractivity contribution in [2.45, 2.75) is 13.5 Å². The van der Waals surface area contributed by atoms with E-state index in [2.05, 4.69) is 25.9 Å². The van der Waals surface area contributed by atoms with E-state index in [-0.39, 0.29) is 5.91 Å². The van der Waals surface area contributed by atoms with Crippen molar-refractivity contribution in [3.63, 3.8) is 0 Å². The number of aromatic nitrogens is 2. The van der Waals surface area contributed by atoms with Crippen LogP contribution in [0.4, 0.5) is 0 Å². The van der Waals surface area contributed by atoms with Crippen LogP contribution in [0, 0.1) is 6.92 Å². The molecule has 112 valence electrons. The molecule has 0 aliphatic carbocycles. The second-order valence-corrected chi connectivity index (χ2v) is 6.31. The number of fused-ring (bicyclic) bond motifs is 1. The lowest BCUT2D eigenvalue weighted by Crippen LogP contribution is -2.27. The Kier molecular flexibility index (Phi) is 3.98. The number of nitrogens with one attached hydrogen (secondary N) is 1. The number of benzene rings is 2. The molecule has 0 unspecified atom stereocenters. The van der Waals surface area contributed by atoms with Gasteiger partial charge in [-0.1, -0.05) is 45.8 Å². The van der Waals surface area contributed by atoms with Gasteiger partial charge in [0, 0.05) is 18.1 Å². The first-order valence-corrected chi connectivity index (χ1v) is 7.78. The van der Waals surface area contributed by atoms with Crippen LogP contribution in [0.3, 0.4) is 0 Å². The highest BCUT2D eigenvalue weighted by molar-refractivity contribution is 9.10. The molecular formula is C17H16BrN3O. The van der Waals surface area contributed by atoms with Gasteiger partial charge in [-0.2, -0.15) is 0 Å². The smallest absolute Gasteiger partial charge is 0.289 e. The summed E-state index contributed by atoms with van der Waals surface area (Å²) in [6.07, 6.45) is 0. The Morgan fingerprint density at radius 1 is 1.23 bits per heavy atom. The Bertz CT molecular complexity index is 824. The summed E-state index contributed by atoms with van der Waals surface area (Å²) < 4.78 is 0.954. The molecule has 0 saturated carbocycles. The fraction of sp³-hybridized carbons (Fsp3) is 0.176. The molecule has 0 spiro atoms. The van der Waals surface area contributed by atoms with Crippen LogP contribution in [0.2, 0.25) is 0 Å². The predicted molar refractivity (Wildman–Crippen MR) is 90.8 cm³/mol. The Morgan fingerprint density at radius 2 is 1.95 bits per heavy atom. The molecule has 1 aromatic heterocycles. The van der Waals surface area contributed by atoms with E-state index in [0.29, 0.717) is 12.4 Å². The van der Waals surface area contributed by atoms with Crippen molar-refractivity contribution in [3.05, 3.63) is 63.9 Å². The number of amides is 1. The maximum atomic E-state index is 12.5. The summed E-state index contributed by atoms with van der Waals surface area (Å²) in [6.45, 7) is 2.60. The van der Waals surface area contributed by atoms with Crippen LogP contribution in [0.25, 0.3) is 11.0 Å². The summed E-state index contributed by atoms with van der Waals surface area (Å²) in [4.78, 5) is 21.6. The van der Waals surface area contributed by atoms with E-state index in [9.17, 15) is 4.79 Å². The molecule has 4 nitrogen and oxygen atoms in total. The average Bonchev–Trinajstić information content (AvgIpc) is 2.91. The van der Waals surface area contributed by atoms with Crippen LogP contribution in [-0.4, -0.2) is 27.8 Å². The number of aromatic amines is 1. The zero-order chi connectivity index (χ0) is 15.7. The largest absolute Gasteiger partial charge is 0.335 e. The lowest BCUT2D eigenvalue weighted by atomic mass is 10.1. The number of carbonyl (C=O) groups is 1. The van der Waals surface area contributed by atoms with Gasteiger partial charge >= 0.3 is 0 Å². The van der Waals surface area contributed by atoms with Crippen molar-refractivity contribution in [2.75, 3.05) is 7.05 Å². The van der Waals surface area contributed by atoms with Gasteiger partial charge in [0.1, 0.15) is 0 Å². The van der Waals surface area contributed by atoms with Crippen LogP contribution in [-0.2, 0) is 6.54 Å². The monoisotopic (exact) mass is 357 g/mol. The summed E-state index contributed by atoms with van der Waals surface area (Å²) in [5.41, 5.74) is 3.94. The van der Waals surface area contributed by atoms with Crippen LogP contribution >= 0.6 is 15.9 Å². The van der Waals surface area contributed by atoms with E-state index in [1.807, 2.05) is 49.4 Å². The van der Waals surface area contributed by atoms with Crippen LogP contribution < -0.4 is 0 Å². The number of hydrogen-bond acceptors (Lipinski definition) is 2. The maximum Gasteiger partial charge on any atom is 0.289 e. The van der Waals surface area contributed by atoms with E-state index in [1.54, 1.807) is 11.9 Å². The average molecular weight is 358 g/mol. The summed E-state index contributed by atoms with van der Waals surface area (Å²) >= 11 is 3.41. The Labute approximate surface area is 137 Å². The van der Waals surface area contributed by atoms with Crippen LogP contribution in [0.5, 0.6) is 0 Å². The van der Waals surface area contributed by atoms with E-state index < -0.39 is 0 Å². The van der Waals surface area contributed by atoms with Crippen LogP contribution in [0.15, 0.2) is 46.9 Å². The first-order chi connectivity index (χ1) is 10.5. The van der Waals surface area contributed by atoms with Crippen molar-refractivity contribution < 1.29 is 4.79 Å². The molecule has 0 bridgehead atoms. The van der Waals surface area contributed by atoms with Gasteiger partial charge in [-0.05, 0) is 30.7 Å². The first kappa shape index (κ1) is 14.8. The normalized spacial score (nSPS) is 10.9. The number of aryl methyl sites for hydroxylation is 1. The molecule has 0 fully saturated rings. The zero-order valence-electron chi connectivity index (χ0n) is 12.4. The third kappa shape index (κ3) is 3.04. The van der Waals surface area contributed by atoms with Gasteiger partial charge < -0.3 is 9.88 Å². The number of nitrogens with zero attached hydrogens (tertiary/aromatic N) is 2. The van der Waals surface area contributed by atoms with Crippen molar-refractivity contribution in [1.29, 1.82) is 0 Å². The molecule has 1 N–H and O–H groups in total. The zero-order valence-corrected chi connectivity index (χ0v) is 14.0. The highest BCUT2D eigenvalue weighted by Gasteiger charge is 2.16. The number of rotatable bonds is 3. The minimum atomic E-state index is -0.118. The topological polar surface area (TPSA) is 49.0 Å². The molecule has 0 aliphatic rings. The Balaban J connectivity index is 1.80. The fourth-order valence-corrected chi connectivity index (χ4v) is 2.66. The second kappa shape index (κ2) is 5.93. The van der Waals surface area contributed by atoms with Gasteiger partial charge in [-0.15, -0.1) is 0 Å². The predicted octanol–water partition coefficient (Wildman–Crippen LogP) is 3.91. The summed E-state index contributed by atoms with van der Waals surface area (Å²) in [5, 5.41) is 0. The van der Waals surface area contributed by atoms with Gasteiger partial charge in [-0.3, -0.25) is 4.79 Å². The third-order valence-electron chi connectivity index (χ3n) is 3.53. The lowest BCUT2D eigenvalue weighted by molar-refractivity contribution is 0.0774. The van der Waals surface area contributed by atoms with Gasteiger partial charge in [0.25, 0.3) is 5.91 Å². The first-order valence-electron chi connectivity index (χ1n) is 6.99. The third-order valence-corrected chi connectivity index (χ3v) is 4.03. The molecule has 2 aromatic carbocycles. The van der Waals surface area contributed by atoms with E-state index in [1.165, 1.54) is 5.56 Å². The summed E-state index contributed by atoms with van der Waals surface area (Å²) in [7, 11) is 1.78. The summed E-state index contributed by atoms with van der Waals surface area (Å²) in [5.74, 6) is 0.246. The van der Waals surface area contributed by atoms with Gasteiger partial charge in [0.2, 0.25) is 0 Å². The molecule has 1 heterocycles. The standard InChI is InChI=1S/C17H16BrN3O/c1-11-3-5-12(6-4-11)10-21(2)17(22)16-19-14-8-7-13(18)9-15(14)20-16/h3-9H,10H2,1-2H3,(H,19,20). The van der Waals surface area contributed by atoms with E-state index in [0.717, 1.165) is 21.1 Å². The second-order valence-electron chi connectivity index (χ2n) is 5.39. The molecule has 0 atom stereocenters. The molecule has 0 aliphatic heterocycles. The SMILES string of the molecule is Cc1ccc(CN(C)C(=O)c2nc3ccc(Br)cc3[nH]2)cc1. The molecule has 0 saturated heterocycles. The van der Waals surface area contributed by atoms with Crippen molar-refractivity contribution in [1.82, 2.24) is 14.9 Å². The number of hydrogen-bond donors (Lipinski definition) is 1. The van der Waals surface area contributed by atoms with Gasteiger partial charge in [0.15, 0.2) is 5.82 Å². The Morgan fingerprint density at radius 3 is 2.68 bits per heavy atom. The highest BCUT2D eigenvalue weighted by atomic mass is 79.9. The number of halogens is 1. The molecule has 3 rings (SSSR count).